The van der Waals surface area contributed by atoms with E-state index in [-0.39, 0.29) is 5.12 Å². The average Bonchev–Trinajstić information content (AvgIpc) is 1.97. The molecule has 0 bridgehead atoms. The zero-order chi connectivity index (χ0) is 9.30. The third-order valence-corrected chi connectivity index (χ3v) is 3.21. The van der Waals surface area contributed by atoms with Crippen LogP contribution in [-0.2, 0) is 0 Å². The molecule has 0 unspecified atom stereocenters. The van der Waals surface area contributed by atoms with E-state index in [1.54, 1.807) is 0 Å². The monoisotopic (exact) mass is 292 g/mol. The van der Waals surface area contributed by atoms with Crippen LogP contribution in [0.2, 0.25) is 0 Å². The van der Waals surface area contributed by atoms with E-state index in [9.17, 15) is 4.79 Å². The van der Waals surface area contributed by atoms with Gasteiger partial charge in [0.1, 0.15) is 0 Å². The first-order chi connectivity index (χ1) is 5.54. The molecule has 12 heavy (non-hydrogen) atoms. The first-order valence-corrected chi connectivity index (χ1v) is 5.05. The van der Waals surface area contributed by atoms with Crippen LogP contribution in [0.4, 0.5) is 0 Å². The Morgan fingerprint density at radius 1 is 1.42 bits per heavy atom. The molecule has 0 aromatic heterocycles. The van der Waals surface area contributed by atoms with Crippen molar-refractivity contribution in [3.8, 4) is 0 Å². The standard InChI is InChI=1S/C9H9IOS/c1-5-3-4-7(10)6(2)8(5)9(11)12/h3-4H,1-2H3,(H,11,12). The summed E-state index contributed by atoms with van der Waals surface area (Å²) in [5.74, 6) is 0. The minimum atomic E-state index is -0.150. The molecule has 0 amide bonds. The lowest BCUT2D eigenvalue weighted by atomic mass is 10.0. The molecule has 0 N–H and O–H groups in total. The van der Waals surface area contributed by atoms with E-state index < -0.39 is 0 Å². The number of carbonyl (C=O) groups is 1. The predicted molar refractivity (Wildman–Crippen MR) is 61.9 cm³/mol. The van der Waals surface area contributed by atoms with Gasteiger partial charge in [0.15, 0.2) is 0 Å². The second-order valence-corrected chi connectivity index (χ2v) is 4.24. The predicted octanol–water partition coefficient (Wildman–Crippen LogP) is 2.98. The largest absolute Gasteiger partial charge is 0.282 e. The summed E-state index contributed by atoms with van der Waals surface area (Å²) < 4.78 is 1.11. The minimum Gasteiger partial charge on any atom is -0.282 e. The second kappa shape index (κ2) is 3.79. The first kappa shape index (κ1) is 10.1. The Bertz CT molecular complexity index is 334. The SMILES string of the molecule is Cc1ccc(I)c(C)c1C(=O)S. The van der Waals surface area contributed by atoms with Crippen molar-refractivity contribution in [1.29, 1.82) is 0 Å². The molecule has 1 nitrogen and oxygen atoms in total. The van der Waals surface area contributed by atoms with Crippen molar-refractivity contribution in [3.63, 3.8) is 0 Å². The number of hydrogen-bond donors (Lipinski definition) is 1. The first-order valence-electron chi connectivity index (χ1n) is 3.53. The Kier molecular flexibility index (Phi) is 3.17. The van der Waals surface area contributed by atoms with Crippen LogP contribution < -0.4 is 0 Å². The van der Waals surface area contributed by atoms with Crippen LogP contribution in [0.15, 0.2) is 12.1 Å². The quantitative estimate of drug-likeness (QED) is 0.622. The van der Waals surface area contributed by atoms with Gasteiger partial charge in [-0.1, -0.05) is 6.07 Å². The number of carbonyl (C=O) groups excluding carboxylic acids is 1. The number of thiol groups is 1. The molecule has 0 aliphatic carbocycles. The summed E-state index contributed by atoms with van der Waals surface area (Å²) in [5.41, 5.74) is 2.76. The molecular formula is C9H9IOS. The van der Waals surface area contributed by atoms with E-state index in [2.05, 4.69) is 35.2 Å². The molecule has 0 fully saturated rings. The highest BCUT2D eigenvalue weighted by atomic mass is 127. The van der Waals surface area contributed by atoms with Crippen LogP contribution in [-0.4, -0.2) is 5.12 Å². The van der Waals surface area contributed by atoms with Crippen LogP contribution in [0, 0.1) is 17.4 Å². The second-order valence-electron chi connectivity index (χ2n) is 2.67. The van der Waals surface area contributed by atoms with Gasteiger partial charge in [-0.3, -0.25) is 4.79 Å². The minimum absolute atomic E-state index is 0.150. The highest BCUT2D eigenvalue weighted by molar-refractivity contribution is 14.1. The van der Waals surface area contributed by atoms with Gasteiger partial charge < -0.3 is 0 Å². The molecule has 1 rings (SSSR count). The zero-order valence-corrected chi connectivity index (χ0v) is 9.94. The zero-order valence-electron chi connectivity index (χ0n) is 6.89. The maximum atomic E-state index is 11.1. The fourth-order valence-corrected chi connectivity index (χ4v) is 1.94. The smallest absolute Gasteiger partial charge is 0.216 e. The summed E-state index contributed by atoms with van der Waals surface area (Å²) in [6.07, 6.45) is 0. The number of aryl methyl sites for hydroxylation is 1. The third-order valence-electron chi connectivity index (χ3n) is 1.82. The molecule has 64 valence electrons. The van der Waals surface area contributed by atoms with E-state index in [1.165, 1.54) is 0 Å². The molecule has 3 heteroatoms. The molecule has 0 radical (unpaired) electrons. The van der Waals surface area contributed by atoms with Gasteiger partial charge in [0.05, 0.1) is 0 Å². The lowest BCUT2D eigenvalue weighted by Crippen LogP contribution is -1.99. The van der Waals surface area contributed by atoms with Crippen LogP contribution in [0.1, 0.15) is 21.5 Å². The number of halogens is 1. The highest BCUT2D eigenvalue weighted by Crippen LogP contribution is 2.20. The van der Waals surface area contributed by atoms with Gasteiger partial charge in [-0.25, -0.2) is 0 Å². The Labute approximate surface area is 91.1 Å². The van der Waals surface area contributed by atoms with Crippen molar-refractivity contribution in [3.05, 3.63) is 32.4 Å². The fourth-order valence-electron chi connectivity index (χ4n) is 1.15. The molecule has 0 atom stereocenters. The summed E-state index contributed by atoms with van der Waals surface area (Å²) in [6, 6.07) is 3.95. The van der Waals surface area contributed by atoms with Gasteiger partial charge in [0.25, 0.3) is 0 Å². The van der Waals surface area contributed by atoms with Gasteiger partial charge in [0.2, 0.25) is 5.12 Å². The third kappa shape index (κ3) is 1.82. The lowest BCUT2D eigenvalue weighted by molar-refractivity contribution is 0.109. The molecule has 0 saturated heterocycles. The Hall–Kier alpha value is -0.0300. The van der Waals surface area contributed by atoms with Gasteiger partial charge in [-0.05, 0) is 53.6 Å². The number of benzene rings is 1. The van der Waals surface area contributed by atoms with Gasteiger partial charge in [0, 0.05) is 9.13 Å². The molecule has 0 spiro atoms. The van der Waals surface area contributed by atoms with Gasteiger partial charge >= 0.3 is 0 Å². The molecule has 0 saturated carbocycles. The average molecular weight is 292 g/mol. The Morgan fingerprint density at radius 3 is 2.42 bits per heavy atom. The fraction of sp³-hybridized carbons (Fsp3) is 0.222. The maximum Gasteiger partial charge on any atom is 0.216 e. The van der Waals surface area contributed by atoms with Crippen LogP contribution in [0.25, 0.3) is 0 Å². The molecule has 0 heterocycles. The molecule has 1 aromatic carbocycles. The van der Waals surface area contributed by atoms with Crippen molar-refractivity contribution in [2.45, 2.75) is 13.8 Å². The van der Waals surface area contributed by atoms with E-state index >= 15 is 0 Å². The van der Waals surface area contributed by atoms with Crippen molar-refractivity contribution in [2.24, 2.45) is 0 Å². The Morgan fingerprint density at radius 2 is 2.00 bits per heavy atom. The molecule has 1 aromatic rings. The number of hydrogen-bond acceptors (Lipinski definition) is 1. The van der Waals surface area contributed by atoms with E-state index in [1.807, 2.05) is 26.0 Å². The van der Waals surface area contributed by atoms with E-state index in [0.29, 0.717) is 0 Å². The summed E-state index contributed by atoms with van der Waals surface area (Å²) in [7, 11) is 0. The summed E-state index contributed by atoms with van der Waals surface area (Å²) in [5, 5.41) is -0.150. The maximum absolute atomic E-state index is 11.1. The topological polar surface area (TPSA) is 17.1 Å². The Balaban J connectivity index is 3.43. The van der Waals surface area contributed by atoms with Crippen LogP contribution >= 0.6 is 35.2 Å². The lowest BCUT2D eigenvalue weighted by Gasteiger charge is -2.06. The molecule has 0 aliphatic heterocycles. The van der Waals surface area contributed by atoms with Crippen molar-refractivity contribution in [1.82, 2.24) is 0 Å². The number of rotatable bonds is 1. The molecule has 0 aliphatic rings. The van der Waals surface area contributed by atoms with E-state index in [0.717, 1.165) is 20.3 Å². The van der Waals surface area contributed by atoms with Gasteiger partial charge in [-0.2, -0.15) is 0 Å². The van der Waals surface area contributed by atoms with Crippen LogP contribution in [0.5, 0.6) is 0 Å². The van der Waals surface area contributed by atoms with Crippen molar-refractivity contribution < 1.29 is 4.79 Å². The summed E-state index contributed by atoms with van der Waals surface area (Å²) in [4.78, 5) is 11.1. The van der Waals surface area contributed by atoms with Gasteiger partial charge in [-0.15, -0.1) is 12.6 Å². The normalized spacial score (nSPS) is 10.0. The summed E-state index contributed by atoms with van der Waals surface area (Å²) >= 11 is 6.05. The highest BCUT2D eigenvalue weighted by Gasteiger charge is 2.09. The van der Waals surface area contributed by atoms with E-state index in [4.69, 9.17) is 0 Å². The molecular weight excluding hydrogens is 283 g/mol. The van der Waals surface area contributed by atoms with Crippen molar-refractivity contribution >= 4 is 40.3 Å². The van der Waals surface area contributed by atoms with Crippen LogP contribution in [0.3, 0.4) is 0 Å². The van der Waals surface area contributed by atoms with Crippen molar-refractivity contribution in [2.75, 3.05) is 0 Å². The summed E-state index contributed by atoms with van der Waals surface area (Å²) in [6.45, 7) is 3.87.